The van der Waals surface area contributed by atoms with Gasteiger partial charge < -0.3 is 16.0 Å². The first-order valence-electron chi connectivity index (χ1n) is 7.18. The standard InChI is InChI=1S/C16H14Cl5N3O/c1-8-3-2-4-9(7-8)24-16(25)23-6-5-22-15-13(20)11(18)10(17)12(19)14(15)21/h2-4,7,22H,5-6H2,1H3,(H2,23,24,25). The van der Waals surface area contributed by atoms with Gasteiger partial charge in [-0.05, 0) is 24.6 Å². The van der Waals surface area contributed by atoms with Crippen molar-refractivity contribution in [2.45, 2.75) is 6.92 Å². The second-order valence-corrected chi connectivity index (χ2v) is 7.01. The molecule has 2 aromatic rings. The van der Waals surface area contributed by atoms with E-state index in [9.17, 15) is 4.79 Å². The van der Waals surface area contributed by atoms with Crippen molar-refractivity contribution in [1.29, 1.82) is 0 Å². The lowest BCUT2D eigenvalue weighted by Gasteiger charge is -2.15. The fourth-order valence-electron chi connectivity index (χ4n) is 2.02. The van der Waals surface area contributed by atoms with Gasteiger partial charge >= 0.3 is 6.03 Å². The van der Waals surface area contributed by atoms with Crippen LogP contribution in [-0.2, 0) is 0 Å². The Balaban J connectivity index is 1.88. The molecule has 0 heterocycles. The Kier molecular flexibility index (Phi) is 7.35. The van der Waals surface area contributed by atoms with E-state index in [-0.39, 0.29) is 31.1 Å². The number of anilines is 2. The van der Waals surface area contributed by atoms with Gasteiger partial charge in [-0.25, -0.2) is 4.79 Å². The molecule has 0 radical (unpaired) electrons. The zero-order chi connectivity index (χ0) is 18.6. The maximum Gasteiger partial charge on any atom is 0.319 e. The molecule has 0 spiro atoms. The van der Waals surface area contributed by atoms with E-state index in [0.29, 0.717) is 24.5 Å². The van der Waals surface area contributed by atoms with Crippen molar-refractivity contribution in [3.63, 3.8) is 0 Å². The fraction of sp³-hybridized carbons (Fsp3) is 0.188. The molecule has 0 atom stereocenters. The lowest BCUT2D eigenvalue weighted by atomic mass is 10.2. The normalized spacial score (nSPS) is 10.5. The zero-order valence-electron chi connectivity index (χ0n) is 13.0. The molecule has 25 heavy (non-hydrogen) atoms. The maximum atomic E-state index is 11.9. The summed E-state index contributed by atoms with van der Waals surface area (Å²) in [4.78, 5) is 11.9. The molecule has 0 aromatic heterocycles. The molecule has 2 aromatic carbocycles. The lowest BCUT2D eigenvalue weighted by molar-refractivity contribution is 0.252. The number of urea groups is 1. The van der Waals surface area contributed by atoms with Gasteiger partial charge in [0.05, 0.1) is 30.8 Å². The molecule has 0 aliphatic rings. The van der Waals surface area contributed by atoms with E-state index >= 15 is 0 Å². The maximum absolute atomic E-state index is 11.9. The minimum Gasteiger partial charge on any atom is -0.381 e. The highest BCUT2D eigenvalue weighted by Gasteiger charge is 2.18. The number of nitrogens with one attached hydrogen (secondary N) is 3. The second kappa shape index (κ2) is 9.06. The largest absolute Gasteiger partial charge is 0.381 e. The highest BCUT2D eigenvalue weighted by molar-refractivity contribution is 6.56. The Morgan fingerprint density at radius 3 is 2.12 bits per heavy atom. The predicted octanol–water partition coefficient (Wildman–Crippen LogP) is 6.50. The van der Waals surface area contributed by atoms with E-state index in [1.807, 2.05) is 31.2 Å². The Morgan fingerprint density at radius 1 is 0.920 bits per heavy atom. The van der Waals surface area contributed by atoms with Crippen molar-refractivity contribution >= 4 is 75.4 Å². The minimum atomic E-state index is -0.322. The summed E-state index contributed by atoms with van der Waals surface area (Å²) in [5.41, 5.74) is 2.14. The van der Waals surface area contributed by atoms with Gasteiger partial charge in [0.15, 0.2) is 0 Å². The average molecular weight is 442 g/mol. The van der Waals surface area contributed by atoms with Gasteiger partial charge in [-0.2, -0.15) is 0 Å². The topological polar surface area (TPSA) is 53.2 Å². The number of aryl methyl sites for hydroxylation is 1. The van der Waals surface area contributed by atoms with Crippen LogP contribution in [0.1, 0.15) is 5.56 Å². The van der Waals surface area contributed by atoms with Crippen LogP contribution in [0.4, 0.5) is 16.2 Å². The number of rotatable bonds is 5. The molecule has 0 saturated heterocycles. The van der Waals surface area contributed by atoms with Gasteiger partial charge in [0, 0.05) is 18.8 Å². The van der Waals surface area contributed by atoms with Crippen LogP contribution in [0.2, 0.25) is 25.1 Å². The molecule has 134 valence electrons. The van der Waals surface area contributed by atoms with Gasteiger partial charge in [0.25, 0.3) is 0 Å². The third-order valence-corrected chi connectivity index (χ3v) is 5.47. The Morgan fingerprint density at radius 2 is 1.52 bits per heavy atom. The summed E-state index contributed by atoms with van der Waals surface area (Å²) in [5.74, 6) is 0. The Hall–Kier alpha value is -1.04. The summed E-state index contributed by atoms with van der Waals surface area (Å²) in [5, 5.41) is 9.11. The monoisotopic (exact) mass is 439 g/mol. The molecule has 2 amide bonds. The summed E-state index contributed by atoms with van der Waals surface area (Å²) < 4.78 is 0. The van der Waals surface area contributed by atoms with Gasteiger partial charge in [-0.1, -0.05) is 70.1 Å². The van der Waals surface area contributed by atoms with Crippen LogP contribution in [0, 0.1) is 6.92 Å². The third-order valence-electron chi connectivity index (χ3n) is 3.20. The summed E-state index contributed by atoms with van der Waals surface area (Å²) in [7, 11) is 0. The summed E-state index contributed by atoms with van der Waals surface area (Å²) >= 11 is 30.2. The molecule has 0 aliphatic carbocycles. The molecular formula is C16H14Cl5N3O. The SMILES string of the molecule is Cc1cccc(NC(=O)NCCNc2c(Cl)c(Cl)c(Cl)c(Cl)c2Cl)c1. The number of hydrogen-bond acceptors (Lipinski definition) is 2. The van der Waals surface area contributed by atoms with Crippen molar-refractivity contribution in [2.75, 3.05) is 23.7 Å². The number of amides is 2. The van der Waals surface area contributed by atoms with Crippen LogP contribution in [0.25, 0.3) is 0 Å². The van der Waals surface area contributed by atoms with Gasteiger partial charge in [0.1, 0.15) is 0 Å². The van der Waals surface area contributed by atoms with E-state index in [1.165, 1.54) is 0 Å². The summed E-state index contributed by atoms with van der Waals surface area (Å²) in [6, 6.07) is 7.17. The lowest BCUT2D eigenvalue weighted by Crippen LogP contribution is -2.32. The van der Waals surface area contributed by atoms with Crippen LogP contribution < -0.4 is 16.0 Å². The molecule has 0 fully saturated rings. The van der Waals surface area contributed by atoms with Crippen LogP contribution in [0.3, 0.4) is 0 Å². The van der Waals surface area contributed by atoms with Crippen molar-refractivity contribution in [3.8, 4) is 0 Å². The van der Waals surface area contributed by atoms with Crippen molar-refractivity contribution in [1.82, 2.24) is 5.32 Å². The first-order valence-corrected chi connectivity index (χ1v) is 9.07. The van der Waals surface area contributed by atoms with Gasteiger partial charge in [-0.3, -0.25) is 0 Å². The average Bonchev–Trinajstić information content (AvgIpc) is 2.57. The predicted molar refractivity (Wildman–Crippen MR) is 108 cm³/mol. The third kappa shape index (κ3) is 5.22. The molecular weight excluding hydrogens is 427 g/mol. The molecule has 0 bridgehead atoms. The Bertz CT molecular complexity index is 769. The fourth-order valence-corrected chi connectivity index (χ4v) is 3.29. The Labute approximate surface area is 170 Å². The number of benzene rings is 2. The minimum absolute atomic E-state index is 0.0968. The molecule has 0 unspecified atom stereocenters. The first-order chi connectivity index (χ1) is 11.8. The highest BCUT2D eigenvalue weighted by Crippen LogP contribution is 2.46. The molecule has 9 heteroatoms. The van der Waals surface area contributed by atoms with Crippen LogP contribution in [-0.4, -0.2) is 19.1 Å². The zero-order valence-corrected chi connectivity index (χ0v) is 16.8. The quantitative estimate of drug-likeness (QED) is 0.282. The number of halogens is 5. The number of hydrogen-bond donors (Lipinski definition) is 3. The molecule has 0 saturated carbocycles. The van der Waals surface area contributed by atoms with Crippen LogP contribution >= 0.6 is 58.0 Å². The summed E-state index contributed by atoms with van der Waals surface area (Å²) in [6.07, 6.45) is 0. The number of carbonyl (C=O) groups is 1. The van der Waals surface area contributed by atoms with Crippen molar-refractivity contribution in [3.05, 3.63) is 54.9 Å². The van der Waals surface area contributed by atoms with Crippen LogP contribution in [0.5, 0.6) is 0 Å². The van der Waals surface area contributed by atoms with Gasteiger partial charge in [0.2, 0.25) is 0 Å². The second-order valence-electron chi connectivity index (χ2n) is 5.12. The summed E-state index contributed by atoms with van der Waals surface area (Å²) in [6.45, 7) is 2.63. The molecule has 3 N–H and O–H groups in total. The molecule has 2 rings (SSSR count). The first kappa shape index (κ1) is 20.3. The molecule has 0 aliphatic heterocycles. The van der Waals surface area contributed by atoms with Gasteiger partial charge in [-0.15, -0.1) is 0 Å². The van der Waals surface area contributed by atoms with Crippen molar-refractivity contribution < 1.29 is 4.79 Å². The van der Waals surface area contributed by atoms with E-state index in [0.717, 1.165) is 5.56 Å². The van der Waals surface area contributed by atoms with Crippen molar-refractivity contribution in [2.24, 2.45) is 0 Å². The van der Waals surface area contributed by atoms with E-state index in [2.05, 4.69) is 16.0 Å². The highest BCUT2D eigenvalue weighted by atomic mass is 35.5. The van der Waals surface area contributed by atoms with E-state index in [1.54, 1.807) is 0 Å². The molecule has 4 nitrogen and oxygen atoms in total. The smallest absolute Gasteiger partial charge is 0.319 e. The number of carbonyl (C=O) groups excluding carboxylic acids is 1. The van der Waals surface area contributed by atoms with E-state index < -0.39 is 0 Å². The van der Waals surface area contributed by atoms with E-state index in [4.69, 9.17) is 58.0 Å². The van der Waals surface area contributed by atoms with Crippen LogP contribution in [0.15, 0.2) is 24.3 Å².